The molecule has 5 heteroatoms. The van der Waals surface area contributed by atoms with E-state index in [0.717, 1.165) is 42.0 Å². The van der Waals surface area contributed by atoms with E-state index in [0.29, 0.717) is 17.0 Å². The number of benzene rings is 2. The second-order valence-electron chi connectivity index (χ2n) is 7.11. The van der Waals surface area contributed by atoms with Gasteiger partial charge in [-0.15, -0.1) is 0 Å². The Kier molecular flexibility index (Phi) is 5.81. The van der Waals surface area contributed by atoms with E-state index in [-0.39, 0.29) is 5.91 Å². The predicted octanol–water partition coefficient (Wildman–Crippen LogP) is 5.50. The van der Waals surface area contributed by atoms with Crippen LogP contribution in [-0.2, 0) is 4.79 Å². The molecule has 4 rings (SSSR count). The summed E-state index contributed by atoms with van der Waals surface area (Å²) in [6, 6.07) is 20.3. The van der Waals surface area contributed by atoms with E-state index in [1.54, 1.807) is 0 Å². The zero-order chi connectivity index (χ0) is 19.3. The minimum absolute atomic E-state index is 0.165. The molecule has 0 bridgehead atoms. The lowest BCUT2D eigenvalue weighted by molar-refractivity contribution is -0.131. The van der Waals surface area contributed by atoms with Crippen molar-refractivity contribution in [3.05, 3.63) is 60.7 Å². The molecule has 1 amide bonds. The molecule has 1 atom stereocenters. The second-order valence-corrected chi connectivity index (χ2v) is 8.04. The van der Waals surface area contributed by atoms with Crippen LogP contribution in [-0.4, -0.2) is 34.1 Å². The Hall–Kier alpha value is -2.53. The lowest BCUT2D eigenvalue weighted by Crippen LogP contribution is -2.42. The van der Waals surface area contributed by atoms with E-state index >= 15 is 0 Å². The molecule has 1 fully saturated rings. The van der Waals surface area contributed by atoms with Gasteiger partial charge in [-0.3, -0.25) is 4.79 Å². The number of hydrogen-bond acceptors (Lipinski definition) is 4. The Labute approximate surface area is 170 Å². The molecule has 0 saturated carbocycles. The highest BCUT2D eigenvalue weighted by Crippen LogP contribution is 2.35. The lowest BCUT2D eigenvalue weighted by atomic mass is 10.0. The van der Waals surface area contributed by atoms with Gasteiger partial charge in [-0.1, -0.05) is 72.4 Å². The zero-order valence-electron chi connectivity index (χ0n) is 16.0. The number of amides is 1. The molecule has 3 aromatic rings. The average Bonchev–Trinajstić information content (AvgIpc) is 3.18. The molecule has 144 valence electrons. The number of rotatable bonds is 5. The third-order valence-electron chi connectivity index (χ3n) is 5.13. The van der Waals surface area contributed by atoms with Crippen LogP contribution in [0.5, 0.6) is 0 Å². The minimum Gasteiger partial charge on any atom is -0.431 e. The molecule has 0 N–H and O–H groups in total. The van der Waals surface area contributed by atoms with Crippen molar-refractivity contribution in [1.29, 1.82) is 0 Å². The van der Waals surface area contributed by atoms with Crippen LogP contribution >= 0.6 is 11.8 Å². The summed E-state index contributed by atoms with van der Waals surface area (Å²) in [5.74, 6) is 1.26. The van der Waals surface area contributed by atoms with E-state index in [4.69, 9.17) is 9.40 Å². The van der Waals surface area contributed by atoms with Gasteiger partial charge in [-0.2, -0.15) is 0 Å². The van der Waals surface area contributed by atoms with Crippen molar-refractivity contribution in [3.8, 4) is 22.6 Å². The van der Waals surface area contributed by atoms with Crippen molar-refractivity contribution in [2.45, 2.75) is 37.5 Å². The van der Waals surface area contributed by atoms with E-state index in [1.165, 1.54) is 18.2 Å². The first kappa shape index (κ1) is 18.8. The number of nitrogens with zero attached hydrogens (tertiary/aromatic N) is 2. The Balaban J connectivity index is 1.56. The summed E-state index contributed by atoms with van der Waals surface area (Å²) in [4.78, 5) is 19.4. The summed E-state index contributed by atoms with van der Waals surface area (Å²) in [5, 5.41) is 0.538. The maximum Gasteiger partial charge on any atom is 0.257 e. The van der Waals surface area contributed by atoms with E-state index in [1.807, 2.05) is 65.6 Å². The topological polar surface area (TPSA) is 46.3 Å². The molecule has 1 aromatic heterocycles. The molecule has 28 heavy (non-hydrogen) atoms. The number of aromatic nitrogens is 1. The molecule has 0 unspecified atom stereocenters. The summed E-state index contributed by atoms with van der Waals surface area (Å²) in [6.07, 6.45) is 3.39. The van der Waals surface area contributed by atoms with Crippen molar-refractivity contribution in [2.75, 3.05) is 12.3 Å². The first-order chi connectivity index (χ1) is 13.7. The summed E-state index contributed by atoms with van der Waals surface area (Å²) in [5.41, 5.74) is 2.80. The number of thioether (sulfide) groups is 1. The Morgan fingerprint density at radius 1 is 1.07 bits per heavy atom. The third kappa shape index (κ3) is 4.14. The summed E-state index contributed by atoms with van der Waals surface area (Å²) in [6.45, 7) is 2.99. The van der Waals surface area contributed by atoms with Gasteiger partial charge in [0.1, 0.15) is 5.69 Å². The van der Waals surface area contributed by atoms with Crippen LogP contribution in [0, 0.1) is 0 Å². The number of carbonyl (C=O) groups excluding carboxylic acids is 1. The number of piperidine rings is 1. The largest absolute Gasteiger partial charge is 0.431 e. The highest BCUT2D eigenvalue weighted by atomic mass is 32.2. The molecule has 1 saturated heterocycles. The van der Waals surface area contributed by atoms with Crippen molar-refractivity contribution in [3.63, 3.8) is 0 Å². The SMILES string of the molecule is C[C@@H]1CCCCN1C(=O)CSc1nc(-c2ccccc2)c(-c2ccccc2)o1. The van der Waals surface area contributed by atoms with Gasteiger partial charge in [-0.05, 0) is 26.2 Å². The molecule has 0 radical (unpaired) electrons. The molecule has 1 aliphatic heterocycles. The molecule has 2 aromatic carbocycles. The van der Waals surface area contributed by atoms with Crippen LogP contribution in [0.2, 0.25) is 0 Å². The Morgan fingerprint density at radius 2 is 1.75 bits per heavy atom. The highest BCUT2D eigenvalue weighted by molar-refractivity contribution is 7.99. The van der Waals surface area contributed by atoms with Crippen molar-refractivity contribution in [1.82, 2.24) is 9.88 Å². The average molecular weight is 393 g/mol. The Bertz CT molecular complexity index is 867. The van der Waals surface area contributed by atoms with Gasteiger partial charge in [0.2, 0.25) is 5.91 Å². The van der Waals surface area contributed by atoms with E-state index < -0.39 is 0 Å². The van der Waals surface area contributed by atoms with Crippen LogP contribution in [0.25, 0.3) is 22.6 Å². The van der Waals surface area contributed by atoms with E-state index in [9.17, 15) is 4.79 Å². The molecule has 1 aliphatic rings. The van der Waals surface area contributed by atoms with Gasteiger partial charge >= 0.3 is 0 Å². The van der Waals surface area contributed by atoms with Crippen LogP contribution in [0.4, 0.5) is 0 Å². The fourth-order valence-corrected chi connectivity index (χ4v) is 4.32. The van der Waals surface area contributed by atoms with Crippen molar-refractivity contribution in [2.24, 2.45) is 0 Å². The molecule has 2 heterocycles. The number of hydrogen-bond donors (Lipinski definition) is 0. The third-order valence-corrected chi connectivity index (χ3v) is 5.95. The quantitative estimate of drug-likeness (QED) is 0.538. The molecule has 4 nitrogen and oxygen atoms in total. The van der Waals surface area contributed by atoms with Crippen LogP contribution < -0.4 is 0 Å². The molecule has 0 aliphatic carbocycles. The summed E-state index contributed by atoms with van der Waals surface area (Å²) >= 11 is 1.38. The number of oxazole rings is 1. The van der Waals surface area contributed by atoms with E-state index in [2.05, 4.69) is 6.92 Å². The summed E-state index contributed by atoms with van der Waals surface area (Å²) < 4.78 is 6.10. The fourth-order valence-electron chi connectivity index (χ4n) is 3.61. The maximum absolute atomic E-state index is 12.6. The summed E-state index contributed by atoms with van der Waals surface area (Å²) in [7, 11) is 0. The predicted molar refractivity (Wildman–Crippen MR) is 113 cm³/mol. The normalized spacial score (nSPS) is 16.9. The second kappa shape index (κ2) is 8.65. The van der Waals surface area contributed by atoms with Gasteiger partial charge < -0.3 is 9.32 Å². The highest BCUT2D eigenvalue weighted by Gasteiger charge is 2.24. The van der Waals surface area contributed by atoms with Gasteiger partial charge in [0, 0.05) is 23.7 Å². The number of likely N-dealkylation sites (tertiary alicyclic amines) is 1. The lowest BCUT2D eigenvalue weighted by Gasteiger charge is -2.33. The van der Waals surface area contributed by atoms with Crippen LogP contribution in [0.15, 0.2) is 70.3 Å². The number of carbonyl (C=O) groups is 1. The van der Waals surface area contributed by atoms with Gasteiger partial charge in [0.05, 0.1) is 5.75 Å². The van der Waals surface area contributed by atoms with Crippen LogP contribution in [0.3, 0.4) is 0 Å². The molecular formula is C23H24N2O2S. The maximum atomic E-state index is 12.6. The van der Waals surface area contributed by atoms with Crippen LogP contribution in [0.1, 0.15) is 26.2 Å². The molecular weight excluding hydrogens is 368 g/mol. The Morgan fingerprint density at radius 3 is 2.43 bits per heavy atom. The standard InChI is InChI=1S/C23H24N2O2S/c1-17-10-8-9-15-25(17)20(26)16-28-23-24-21(18-11-4-2-5-12-18)22(27-23)19-13-6-3-7-14-19/h2-7,11-14,17H,8-10,15-16H2,1H3/t17-/m1/s1. The molecule has 0 spiro atoms. The van der Waals surface area contributed by atoms with Gasteiger partial charge in [0.25, 0.3) is 5.22 Å². The smallest absolute Gasteiger partial charge is 0.257 e. The first-order valence-electron chi connectivity index (χ1n) is 9.76. The zero-order valence-corrected chi connectivity index (χ0v) is 16.8. The van der Waals surface area contributed by atoms with Gasteiger partial charge in [0.15, 0.2) is 5.76 Å². The van der Waals surface area contributed by atoms with Gasteiger partial charge in [-0.25, -0.2) is 4.98 Å². The van der Waals surface area contributed by atoms with Crippen molar-refractivity contribution < 1.29 is 9.21 Å². The first-order valence-corrected chi connectivity index (χ1v) is 10.7. The van der Waals surface area contributed by atoms with Crippen molar-refractivity contribution >= 4 is 17.7 Å². The minimum atomic E-state index is 0.165. The monoisotopic (exact) mass is 392 g/mol. The fraction of sp³-hybridized carbons (Fsp3) is 0.304.